The van der Waals surface area contributed by atoms with E-state index in [1.165, 1.54) is 19.3 Å². The van der Waals surface area contributed by atoms with Crippen LogP contribution in [0.3, 0.4) is 0 Å². The van der Waals surface area contributed by atoms with Crippen LogP contribution in [0.15, 0.2) is 25.0 Å². The Kier molecular flexibility index (Phi) is 4.35. The van der Waals surface area contributed by atoms with Crippen molar-refractivity contribution in [3.8, 4) is 0 Å². The molecule has 0 bridgehead atoms. The summed E-state index contributed by atoms with van der Waals surface area (Å²) < 4.78 is 40.1. The molecule has 106 valence electrons. The number of rotatable bonds is 5. The summed E-state index contributed by atoms with van der Waals surface area (Å²) in [6.45, 7) is 3.35. The Morgan fingerprint density at radius 3 is 2.68 bits per heavy atom. The van der Waals surface area contributed by atoms with Crippen LogP contribution in [0.5, 0.6) is 0 Å². The van der Waals surface area contributed by atoms with Crippen molar-refractivity contribution < 1.29 is 23.1 Å². The maximum atomic E-state index is 13.0. The molecule has 0 aromatic carbocycles. The lowest BCUT2D eigenvalue weighted by atomic mass is 9.97. The van der Waals surface area contributed by atoms with Gasteiger partial charge in [-0.05, 0) is 0 Å². The molecular formula is C11H14F3N3O2. The molecule has 0 aliphatic rings. The van der Waals surface area contributed by atoms with E-state index in [-0.39, 0.29) is 6.54 Å². The predicted molar refractivity (Wildman–Crippen MR) is 61.0 cm³/mol. The van der Waals surface area contributed by atoms with Gasteiger partial charge >= 0.3 is 6.18 Å². The van der Waals surface area contributed by atoms with Crippen LogP contribution in [-0.2, 0) is 17.4 Å². The van der Waals surface area contributed by atoms with Crippen LogP contribution in [0.2, 0.25) is 0 Å². The Hall–Kier alpha value is -1.83. The van der Waals surface area contributed by atoms with Crippen LogP contribution in [0, 0.1) is 0 Å². The van der Waals surface area contributed by atoms with Crippen molar-refractivity contribution in [3.63, 3.8) is 0 Å². The molecule has 5 nitrogen and oxygen atoms in total. The predicted octanol–water partition coefficient (Wildman–Crippen LogP) is 0.862. The number of aromatic nitrogens is 2. The van der Waals surface area contributed by atoms with Gasteiger partial charge in [0.15, 0.2) is 5.82 Å². The fourth-order valence-electron chi connectivity index (χ4n) is 1.55. The van der Waals surface area contributed by atoms with E-state index in [4.69, 9.17) is 0 Å². The number of amides is 1. The Morgan fingerprint density at radius 1 is 1.63 bits per heavy atom. The summed E-state index contributed by atoms with van der Waals surface area (Å²) in [5, 5.41) is 12.1. The summed E-state index contributed by atoms with van der Waals surface area (Å²) in [6.07, 6.45) is -2.47. The van der Waals surface area contributed by atoms with Crippen LogP contribution < -0.4 is 5.32 Å². The van der Waals surface area contributed by atoms with Crippen LogP contribution in [-0.4, -0.2) is 33.3 Å². The van der Waals surface area contributed by atoms with E-state index in [0.717, 1.165) is 10.8 Å². The highest BCUT2D eigenvalue weighted by Crippen LogP contribution is 2.40. The van der Waals surface area contributed by atoms with Gasteiger partial charge in [0.2, 0.25) is 11.5 Å². The smallest absolute Gasteiger partial charge is 0.374 e. The number of nitrogens with one attached hydrogen (secondary N) is 1. The van der Waals surface area contributed by atoms with Crippen molar-refractivity contribution in [2.24, 2.45) is 7.05 Å². The second-order valence-corrected chi connectivity index (χ2v) is 3.99. The third-order valence-corrected chi connectivity index (χ3v) is 2.52. The lowest BCUT2D eigenvalue weighted by Crippen LogP contribution is -2.47. The highest BCUT2D eigenvalue weighted by atomic mass is 19.4. The second-order valence-electron chi connectivity index (χ2n) is 3.99. The molecule has 0 fully saturated rings. The third kappa shape index (κ3) is 3.14. The normalized spacial score (nSPS) is 14.8. The number of carbonyl (C=O) groups is 1. The van der Waals surface area contributed by atoms with Gasteiger partial charge in [0, 0.05) is 26.0 Å². The van der Waals surface area contributed by atoms with E-state index < -0.39 is 29.9 Å². The summed E-state index contributed by atoms with van der Waals surface area (Å²) in [5.74, 6) is -1.57. The molecule has 0 spiro atoms. The van der Waals surface area contributed by atoms with Gasteiger partial charge in [-0.2, -0.15) is 13.2 Å². The SMILES string of the molecule is C=CCNC(=O)CC(O)(c1nccn1C)C(F)(F)F. The highest BCUT2D eigenvalue weighted by molar-refractivity contribution is 5.77. The van der Waals surface area contributed by atoms with Crippen molar-refractivity contribution in [3.05, 3.63) is 30.9 Å². The van der Waals surface area contributed by atoms with Gasteiger partial charge in [0.05, 0.1) is 6.42 Å². The van der Waals surface area contributed by atoms with Gasteiger partial charge < -0.3 is 15.0 Å². The highest BCUT2D eigenvalue weighted by Gasteiger charge is 2.58. The zero-order valence-electron chi connectivity index (χ0n) is 10.2. The number of aliphatic hydroxyl groups is 1. The van der Waals surface area contributed by atoms with E-state index in [1.54, 1.807) is 0 Å². The molecule has 0 saturated carbocycles. The molecule has 0 aliphatic heterocycles. The van der Waals surface area contributed by atoms with Crippen LogP contribution >= 0.6 is 0 Å². The zero-order valence-corrected chi connectivity index (χ0v) is 10.2. The lowest BCUT2D eigenvalue weighted by molar-refractivity contribution is -0.271. The molecule has 0 aliphatic carbocycles. The average Bonchev–Trinajstić information content (AvgIpc) is 2.71. The molecule has 1 amide bonds. The van der Waals surface area contributed by atoms with E-state index >= 15 is 0 Å². The maximum absolute atomic E-state index is 13.0. The molecule has 0 radical (unpaired) electrons. The summed E-state index contributed by atoms with van der Waals surface area (Å²) in [5.41, 5.74) is -3.32. The van der Waals surface area contributed by atoms with Crippen molar-refractivity contribution in [2.45, 2.75) is 18.2 Å². The number of alkyl halides is 3. The van der Waals surface area contributed by atoms with Gasteiger partial charge in [-0.1, -0.05) is 6.08 Å². The Balaban J connectivity index is 3.05. The molecule has 1 aromatic heterocycles. The van der Waals surface area contributed by atoms with Crippen molar-refractivity contribution in [2.75, 3.05) is 6.54 Å². The molecule has 0 saturated heterocycles. The van der Waals surface area contributed by atoms with Crippen LogP contribution in [0.25, 0.3) is 0 Å². The maximum Gasteiger partial charge on any atom is 0.425 e. The first kappa shape index (κ1) is 15.2. The topological polar surface area (TPSA) is 67.2 Å². The number of nitrogens with zero attached hydrogens (tertiary/aromatic N) is 2. The zero-order chi connectivity index (χ0) is 14.7. The van der Waals surface area contributed by atoms with E-state index in [1.807, 2.05) is 0 Å². The van der Waals surface area contributed by atoms with E-state index in [0.29, 0.717) is 0 Å². The molecule has 1 heterocycles. The standard InChI is InChI=1S/C11H14F3N3O2/c1-3-4-15-8(18)7-10(19,11(12,13)14)9-16-5-6-17(9)2/h3,5-6,19H,1,4,7H2,2H3,(H,15,18). The molecule has 1 unspecified atom stereocenters. The second kappa shape index (κ2) is 5.43. The van der Waals surface area contributed by atoms with Gasteiger partial charge in [-0.25, -0.2) is 4.98 Å². The van der Waals surface area contributed by atoms with Gasteiger partial charge in [-0.3, -0.25) is 4.79 Å². The van der Waals surface area contributed by atoms with Crippen molar-refractivity contribution >= 4 is 5.91 Å². The summed E-state index contributed by atoms with van der Waals surface area (Å²) in [6, 6.07) is 0. The monoisotopic (exact) mass is 277 g/mol. The summed E-state index contributed by atoms with van der Waals surface area (Å²) >= 11 is 0. The summed E-state index contributed by atoms with van der Waals surface area (Å²) in [4.78, 5) is 14.9. The lowest BCUT2D eigenvalue weighted by Gasteiger charge is -2.29. The number of halogens is 3. The molecule has 1 aromatic rings. The van der Waals surface area contributed by atoms with Gasteiger partial charge in [0.1, 0.15) is 0 Å². The Bertz CT molecular complexity index is 470. The quantitative estimate of drug-likeness (QED) is 0.785. The molecule has 2 N–H and O–H groups in total. The Morgan fingerprint density at radius 2 is 2.26 bits per heavy atom. The number of imidazole rings is 1. The third-order valence-electron chi connectivity index (χ3n) is 2.52. The number of carbonyl (C=O) groups excluding carboxylic acids is 1. The first-order valence-corrected chi connectivity index (χ1v) is 5.37. The average molecular weight is 277 g/mol. The molecular weight excluding hydrogens is 263 g/mol. The fraction of sp³-hybridized carbons (Fsp3) is 0.455. The van der Waals surface area contributed by atoms with Crippen molar-refractivity contribution in [1.82, 2.24) is 14.9 Å². The first-order chi connectivity index (χ1) is 8.72. The minimum atomic E-state index is -5.02. The number of aryl methyl sites for hydroxylation is 1. The van der Waals surface area contributed by atoms with E-state index in [9.17, 15) is 23.1 Å². The van der Waals surface area contributed by atoms with Crippen molar-refractivity contribution in [1.29, 1.82) is 0 Å². The molecule has 1 rings (SSSR count). The minimum absolute atomic E-state index is 0.0212. The molecule has 1 atom stereocenters. The van der Waals surface area contributed by atoms with E-state index in [2.05, 4.69) is 16.9 Å². The number of hydrogen-bond donors (Lipinski definition) is 2. The fourth-order valence-corrected chi connectivity index (χ4v) is 1.55. The van der Waals surface area contributed by atoms with Crippen LogP contribution in [0.1, 0.15) is 12.2 Å². The number of hydrogen-bond acceptors (Lipinski definition) is 3. The molecule has 8 heteroatoms. The minimum Gasteiger partial charge on any atom is -0.374 e. The van der Waals surface area contributed by atoms with Gasteiger partial charge in [-0.15, -0.1) is 6.58 Å². The van der Waals surface area contributed by atoms with Crippen LogP contribution in [0.4, 0.5) is 13.2 Å². The first-order valence-electron chi connectivity index (χ1n) is 5.37. The largest absolute Gasteiger partial charge is 0.425 e. The Labute approximate surface area is 107 Å². The van der Waals surface area contributed by atoms with Gasteiger partial charge in [0.25, 0.3) is 0 Å². The summed E-state index contributed by atoms with van der Waals surface area (Å²) in [7, 11) is 1.31. The molecule has 19 heavy (non-hydrogen) atoms.